The molecule has 0 radical (unpaired) electrons. The van der Waals surface area contributed by atoms with Gasteiger partial charge >= 0.3 is 0 Å². The summed E-state index contributed by atoms with van der Waals surface area (Å²) in [6, 6.07) is 0. The van der Waals surface area contributed by atoms with Gasteiger partial charge in [-0.05, 0) is 25.7 Å². The Balaban J connectivity index is 1.94. The zero-order valence-electron chi connectivity index (χ0n) is 7.55. The van der Waals surface area contributed by atoms with E-state index in [2.05, 4.69) is 4.98 Å². The summed E-state index contributed by atoms with van der Waals surface area (Å²) in [5, 5.41) is 0. The molecule has 0 aromatic carbocycles. The first-order valence-electron chi connectivity index (χ1n) is 4.76. The van der Waals surface area contributed by atoms with Crippen LogP contribution in [0.3, 0.4) is 0 Å². The average Bonchev–Trinajstić information content (AvgIpc) is 2.63. The van der Waals surface area contributed by atoms with Crippen molar-refractivity contribution < 1.29 is 4.42 Å². The van der Waals surface area contributed by atoms with Gasteiger partial charge in [-0.1, -0.05) is 12.8 Å². The Hall–Kier alpha value is -0.790. The monoisotopic (exact) mass is 165 g/mol. The van der Waals surface area contributed by atoms with E-state index in [1.165, 1.54) is 25.7 Å². The second kappa shape index (κ2) is 3.30. The van der Waals surface area contributed by atoms with Crippen LogP contribution < -0.4 is 0 Å². The minimum absolute atomic E-state index is 0.836. The lowest BCUT2D eigenvalue weighted by Gasteiger charge is -2.03. The molecular weight excluding hydrogens is 150 g/mol. The van der Waals surface area contributed by atoms with E-state index in [4.69, 9.17) is 4.42 Å². The lowest BCUT2D eigenvalue weighted by atomic mass is 10.0. The van der Waals surface area contributed by atoms with Gasteiger partial charge in [0.2, 0.25) is 0 Å². The Bertz CT molecular complexity index is 248. The van der Waals surface area contributed by atoms with Gasteiger partial charge in [-0.3, -0.25) is 0 Å². The fraction of sp³-hybridized carbons (Fsp3) is 0.700. The summed E-state index contributed by atoms with van der Waals surface area (Å²) >= 11 is 0. The first-order chi connectivity index (χ1) is 5.84. The van der Waals surface area contributed by atoms with Crippen LogP contribution >= 0.6 is 0 Å². The molecule has 0 aliphatic heterocycles. The topological polar surface area (TPSA) is 26.0 Å². The molecule has 0 saturated heterocycles. The molecule has 1 aliphatic rings. The van der Waals surface area contributed by atoms with Crippen molar-refractivity contribution in [2.75, 3.05) is 0 Å². The van der Waals surface area contributed by atoms with E-state index in [0.717, 1.165) is 24.0 Å². The van der Waals surface area contributed by atoms with Gasteiger partial charge in [-0.25, -0.2) is 4.98 Å². The molecule has 1 fully saturated rings. The SMILES string of the molecule is Cc1cnc(CC2CCCC2)o1. The Morgan fingerprint density at radius 3 is 2.83 bits per heavy atom. The normalized spacial score (nSPS) is 18.8. The largest absolute Gasteiger partial charge is 0.446 e. The molecule has 1 aromatic rings. The first kappa shape index (κ1) is 7.84. The molecule has 0 spiro atoms. The fourth-order valence-electron chi connectivity index (χ4n) is 1.96. The van der Waals surface area contributed by atoms with Crippen molar-refractivity contribution >= 4 is 0 Å². The summed E-state index contributed by atoms with van der Waals surface area (Å²) in [6.45, 7) is 1.95. The van der Waals surface area contributed by atoms with E-state index in [1.54, 1.807) is 0 Å². The van der Waals surface area contributed by atoms with E-state index in [0.29, 0.717) is 0 Å². The molecule has 0 amide bonds. The van der Waals surface area contributed by atoms with E-state index in [9.17, 15) is 0 Å². The van der Waals surface area contributed by atoms with Crippen molar-refractivity contribution in [3.63, 3.8) is 0 Å². The Morgan fingerprint density at radius 1 is 1.50 bits per heavy atom. The summed E-state index contributed by atoms with van der Waals surface area (Å²) in [6.07, 6.45) is 8.37. The van der Waals surface area contributed by atoms with Gasteiger partial charge in [-0.2, -0.15) is 0 Å². The van der Waals surface area contributed by atoms with Crippen molar-refractivity contribution in [2.45, 2.75) is 39.0 Å². The maximum Gasteiger partial charge on any atom is 0.194 e. The van der Waals surface area contributed by atoms with Crippen LogP contribution in [0.4, 0.5) is 0 Å². The summed E-state index contributed by atoms with van der Waals surface area (Å²) < 4.78 is 5.43. The second-order valence-corrected chi connectivity index (χ2v) is 3.72. The van der Waals surface area contributed by atoms with Gasteiger partial charge in [0, 0.05) is 6.42 Å². The van der Waals surface area contributed by atoms with E-state index in [1.807, 2.05) is 13.1 Å². The zero-order chi connectivity index (χ0) is 8.39. The zero-order valence-corrected chi connectivity index (χ0v) is 7.55. The van der Waals surface area contributed by atoms with Crippen molar-refractivity contribution in [1.29, 1.82) is 0 Å². The summed E-state index contributed by atoms with van der Waals surface area (Å²) in [5.74, 6) is 2.70. The highest BCUT2D eigenvalue weighted by Gasteiger charge is 2.17. The Kier molecular flexibility index (Phi) is 2.15. The highest BCUT2D eigenvalue weighted by Crippen LogP contribution is 2.27. The second-order valence-electron chi connectivity index (χ2n) is 3.72. The lowest BCUT2D eigenvalue weighted by molar-refractivity contribution is 0.418. The number of hydrogen-bond acceptors (Lipinski definition) is 2. The molecule has 1 aliphatic carbocycles. The molecule has 0 bridgehead atoms. The van der Waals surface area contributed by atoms with Gasteiger partial charge < -0.3 is 4.42 Å². The minimum Gasteiger partial charge on any atom is -0.446 e. The maximum absolute atomic E-state index is 5.43. The van der Waals surface area contributed by atoms with Crippen LogP contribution in [0.5, 0.6) is 0 Å². The van der Waals surface area contributed by atoms with Gasteiger partial charge in [0.25, 0.3) is 0 Å². The van der Waals surface area contributed by atoms with E-state index in [-0.39, 0.29) is 0 Å². The molecule has 12 heavy (non-hydrogen) atoms. The van der Waals surface area contributed by atoms with Crippen molar-refractivity contribution in [2.24, 2.45) is 5.92 Å². The number of oxazole rings is 1. The van der Waals surface area contributed by atoms with Crippen LogP contribution in [0.15, 0.2) is 10.6 Å². The smallest absolute Gasteiger partial charge is 0.194 e. The third-order valence-electron chi connectivity index (χ3n) is 2.61. The predicted molar refractivity (Wildman–Crippen MR) is 46.9 cm³/mol. The fourth-order valence-corrected chi connectivity index (χ4v) is 1.96. The number of aromatic nitrogens is 1. The summed E-state index contributed by atoms with van der Waals surface area (Å²) in [5.41, 5.74) is 0. The predicted octanol–water partition coefficient (Wildman–Crippen LogP) is 2.72. The standard InChI is InChI=1S/C10H15NO/c1-8-7-11-10(12-8)6-9-4-2-3-5-9/h7,9H,2-6H2,1H3. The minimum atomic E-state index is 0.836. The van der Waals surface area contributed by atoms with Crippen LogP contribution in [0.25, 0.3) is 0 Å². The van der Waals surface area contributed by atoms with Gasteiger partial charge in [-0.15, -0.1) is 0 Å². The molecule has 1 aromatic heterocycles. The number of hydrogen-bond donors (Lipinski definition) is 0. The quantitative estimate of drug-likeness (QED) is 0.673. The molecule has 0 atom stereocenters. The first-order valence-corrected chi connectivity index (χ1v) is 4.76. The number of nitrogens with zero attached hydrogens (tertiary/aromatic N) is 1. The van der Waals surface area contributed by atoms with Crippen LogP contribution in [-0.4, -0.2) is 4.98 Å². The number of rotatable bonds is 2. The Morgan fingerprint density at radius 2 is 2.25 bits per heavy atom. The van der Waals surface area contributed by atoms with Gasteiger partial charge in [0.1, 0.15) is 5.76 Å². The van der Waals surface area contributed by atoms with Crippen molar-refractivity contribution in [3.05, 3.63) is 17.8 Å². The van der Waals surface area contributed by atoms with Crippen molar-refractivity contribution in [3.8, 4) is 0 Å². The summed E-state index contributed by atoms with van der Waals surface area (Å²) in [4.78, 5) is 4.21. The van der Waals surface area contributed by atoms with E-state index < -0.39 is 0 Å². The maximum atomic E-state index is 5.43. The average molecular weight is 165 g/mol. The molecule has 1 heterocycles. The molecule has 0 unspecified atom stereocenters. The molecule has 66 valence electrons. The molecular formula is C10H15NO. The molecule has 1 saturated carbocycles. The summed E-state index contributed by atoms with van der Waals surface area (Å²) in [7, 11) is 0. The third-order valence-corrected chi connectivity index (χ3v) is 2.61. The number of aryl methyl sites for hydroxylation is 1. The third kappa shape index (κ3) is 1.68. The highest BCUT2D eigenvalue weighted by molar-refractivity contribution is 4.92. The lowest BCUT2D eigenvalue weighted by Crippen LogP contribution is -1.98. The molecule has 2 heteroatoms. The molecule has 2 nitrogen and oxygen atoms in total. The van der Waals surface area contributed by atoms with Gasteiger partial charge in [0.15, 0.2) is 5.89 Å². The molecule has 2 rings (SSSR count). The Labute approximate surface area is 73.0 Å². The van der Waals surface area contributed by atoms with Crippen LogP contribution in [0.2, 0.25) is 0 Å². The van der Waals surface area contributed by atoms with Gasteiger partial charge in [0.05, 0.1) is 6.20 Å². The van der Waals surface area contributed by atoms with Crippen LogP contribution in [0, 0.1) is 12.8 Å². The van der Waals surface area contributed by atoms with Crippen molar-refractivity contribution in [1.82, 2.24) is 4.98 Å². The van der Waals surface area contributed by atoms with E-state index >= 15 is 0 Å². The van der Waals surface area contributed by atoms with Crippen LogP contribution in [0.1, 0.15) is 37.3 Å². The highest BCUT2D eigenvalue weighted by atomic mass is 16.3. The molecule has 0 N–H and O–H groups in total. The van der Waals surface area contributed by atoms with Crippen LogP contribution in [-0.2, 0) is 6.42 Å².